The summed E-state index contributed by atoms with van der Waals surface area (Å²) in [7, 11) is -3.37. The summed E-state index contributed by atoms with van der Waals surface area (Å²) < 4.78 is 61.2. The number of hydrogen-bond donors (Lipinski definition) is 1. The summed E-state index contributed by atoms with van der Waals surface area (Å²) >= 11 is 0. The van der Waals surface area contributed by atoms with Crippen LogP contribution >= 0.6 is 0 Å². The second-order valence-electron chi connectivity index (χ2n) is 4.60. The normalized spacial score (nSPS) is 21.5. The molecule has 1 amide bonds. The van der Waals surface area contributed by atoms with Crippen molar-refractivity contribution in [2.75, 3.05) is 19.3 Å². The number of halogens is 3. The minimum absolute atomic E-state index is 0.0329. The fourth-order valence-electron chi connectivity index (χ4n) is 2.14. The molecule has 1 saturated heterocycles. The van der Waals surface area contributed by atoms with Gasteiger partial charge in [0.05, 0.1) is 6.26 Å². The molecule has 19 heavy (non-hydrogen) atoms. The molecule has 0 aromatic carbocycles. The predicted octanol–water partition coefficient (Wildman–Crippen LogP) is 0.869. The number of sulfonamides is 1. The summed E-state index contributed by atoms with van der Waals surface area (Å²) in [4.78, 5) is 12.1. The van der Waals surface area contributed by atoms with Gasteiger partial charge in [-0.05, 0) is 25.7 Å². The van der Waals surface area contributed by atoms with Crippen LogP contribution in [-0.4, -0.2) is 50.8 Å². The van der Waals surface area contributed by atoms with Crippen LogP contribution in [0.1, 0.15) is 25.7 Å². The van der Waals surface area contributed by atoms with Crippen molar-refractivity contribution in [1.29, 1.82) is 0 Å². The van der Waals surface area contributed by atoms with Crippen LogP contribution in [-0.2, 0) is 14.8 Å². The first kappa shape index (κ1) is 16.2. The molecule has 0 aromatic heterocycles. The van der Waals surface area contributed by atoms with Gasteiger partial charge in [0.25, 0.3) is 0 Å². The average molecular weight is 302 g/mol. The highest BCUT2D eigenvalue weighted by Gasteiger charge is 2.44. The molecule has 0 bridgehead atoms. The molecule has 0 aromatic rings. The van der Waals surface area contributed by atoms with E-state index < -0.39 is 28.1 Å². The number of rotatable bonds is 4. The van der Waals surface area contributed by atoms with E-state index in [9.17, 15) is 26.4 Å². The van der Waals surface area contributed by atoms with Gasteiger partial charge >= 0.3 is 12.1 Å². The van der Waals surface area contributed by atoms with Gasteiger partial charge in [0.15, 0.2) is 0 Å². The van der Waals surface area contributed by atoms with E-state index in [0.717, 1.165) is 17.6 Å². The van der Waals surface area contributed by atoms with Gasteiger partial charge in [-0.1, -0.05) is 0 Å². The molecule has 1 rings (SSSR count). The Morgan fingerprint density at radius 1 is 1.37 bits per heavy atom. The van der Waals surface area contributed by atoms with Gasteiger partial charge in [0.1, 0.15) is 0 Å². The third kappa shape index (κ3) is 5.35. The van der Waals surface area contributed by atoms with Gasteiger partial charge in [0, 0.05) is 19.1 Å². The first-order chi connectivity index (χ1) is 8.61. The lowest BCUT2D eigenvalue weighted by Gasteiger charge is -2.36. The SMILES string of the molecule is CS(=O)(=O)NCCC1CCCCN1C(=O)C(F)(F)F. The predicted molar refractivity (Wildman–Crippen MR) is 62.9 cm³/mol. The highest BCUT2D eigenvalue weighted by atomic mass is 32.2. The summed E-state index contributed by atoms with van der Waals surface area (Å²) in [6, 6.07) is -0.558. The van der Waals surface area contributed by atoms with Crippen LogP contribution in [0.25, 0.3) is 0 Å². The molecule has 1 atom stereocenters. The fourth-order valence-corrected chi connectivity index (χ4v) is 2.63. The fraction of sp³-hybridized carbons (Fsp3) is 0.900. The molecule has 1 fully saturated rings. The van der Waals surface area contributed by atoms with Crippen LogP contribution in [0.2, 0.25) is 0 Å². The van der Waals surface area contributed by atoms with Crippen molar-refractivity contribution >= 4 is 15.9 Å². The van der Waals surface area contributed by atoms with E-state index in [0.29, 0.717) is 12.8 Å². The lowest BCUT2D eigenvalue weighted by Crippen LogP contribution is -2.50. The van der Waals surface area contributed by atoms with E-state index in [1.54, 1.807) is 0 Å². The van der Waals surface area contributed by atoms with Gasteiger partial charge in [0.2, 0.25) is 10.0 Å². The van der Waals surface area contributed by atoms with Crippen molar-refractivity contribution in [2.45, 2.75) is 37.9 Å². The van der Waals surface area contributed by atoms with Crippen LogP contribution in [0.4, 0.5) is 13.2 Å². The number of likely N-dealkylation sites (tertiary alicyclic amines) is 1. The molecule has 0 spiro atoms. The molecule has 112 valence electrons. The summed E-state index contributed by atoms with van der Waals surface area (Å²) in [5.74, 6) is -1.84. The van der Waals surface area contributed by atoms with Crippen LogP contribution < -0.4 is 4.72 Å². The summed E-state index contributed by atoms with van der Waals surface area (Å²) in [6.07, 6.45) is -1.96. The van der Waals surface area contributed by atoms with Crippen molar-refractivity contribution in [3.8, 4) is 0 Å². The second kappa shape index (κ2) is 6.08. The third-order valence-electron chi connectivity index (χ3n) is 2.97. The molecular formula is C10H17F3N2O3S. The number of amides is 1. The zero-order valence-corrected chi connectivity index (χ0v) is 11.4. The summed E-state index contributed by atoms with van der Waals surface area (Å²) in [5.41, 5.74) is 0. The van der Waals surface area contributed by atoms with Crippen molar-refractivity contribution in [3.05, 3.63) is 0 Å². The zero-order chi connectivity index (χ0) is 14.7. The Kier molecular flexibility index (Phi) is 5.19. The zero-order valence-electron chi connectivity index (χ0n) is 10.5. The topological polar surface area (TPSA) is 66.5 Å². The summed E-state index contributed by atoms with van der Waals surface area (Å²) in [5, 5.41) is 0. The smallest absolute Gasteiger partial charge is 0.332 e. The van der Waals surface area contributed by atoms with E-state index in [2.05, 4.69) is 4.72 Å². The Morgan fingerprint density at radius 3 is 2.53 bits per heavy atom. The Morgan fingerprint density at radius 2 is 2.00 bits per heavy atom. The maximum Gasteiger partial charge on any atom is 0.471 e. The molecule has 5 nitrogen and oxygen atoms in total. The maximum atomic E-state index is 12.4. The Bertz CT molecular complexity index is 422. The van der Waals surface area contributed by atoms with E-state index in [-0.39, 0.29) is 19.5 Å². The summed E-state index contributed by atoms with van der Waals surface area (Å²) in [6.45, 7) is 0.104. The van der Waals surface area contributed by atoms with Gasteiger partial charge in [-0.15, -0.1) is 0 Å². The number of nitrogens with zero attached hydrogens (tertiary/aromatic N) is 1. The van der Waals surface area contributed by atoms with E-state index >= 15 is 0 Å². The molecule has 1 heterocycles. The van der Waals surface area contributed by atoms with Crippen LogP contribution in [0.3, 0.4) is 0 Å². The number of piperidine rings is 1. The lowest BCUT2D eigenvalue weighted by atomic mass is 9.99. The minimum atomic E-state index is -4.88. The Balaban J connectivity index is 2.60. The number of hydrogen-bond acceptors (Lipinski definition) is 3. The van der Waals surface area contributed by atoms with Crippen LogP contribution in [0, 0.1) is 0 Å². The monoisotopic (exact) mass is 302 g/mol. The number of nitrogens with one attached hydrogen (secondary N) is 1. The van der Waals surface area contributed by atoms with Crippen molar-refractivity contribution < 1.29 is 26.4 Å². The number of carbonyl (C=O) groups is 1. The Hall–Kier alpha value is -0.830. The van der Waals surface area contributed by atoms with Crippen LogP contribution in [0.5, 0.6) is 0 Å². The highest BCUT2D eigenvalue weighted by molar-refractivity contribution is 7.88. The Labute approximate surface area is 110 Å². The minimum Gasteiger partial charge on any atom is -0.332 e. The van der Waals surface area contributed by atoms with Gasteiger partial charge in [-0.3, -0.25) is 4.79 Å². The number of alkyl halides is 3. The first-order valence-electron chi connectivity index (χ1n) is 5.93. The average Bonchev–Trinajstić information content (AvgIpc) is 2.26. The van der Waals surface area contributed by atoms with Crippen molar-refractivity contribution in [1.82, 2.24) is 9.62 Å². The van der Waals surface area contributed by atoms with Crippen molar-refractivity contribution in [3.63, 3.8) is 0 Å². The van der Waals surface area contributed by atoms with E-state index in [1.807, 2.05) is 0 Å². The molecule has 0 aliphatic carbocycles. The molecule has 1 N–H and O–H groups in total. The maximum absolute atomic E-state index is 12.4. The molecule has 9 heteroatoms. The van der Waals surface area contributed by atoms with E-state index in [1.165, 1.54) is 0 Å². The second-order valence-corrected chi connectivity index (χ2v) is 6.43. The van der Waals surface area contributed by atoms with Gasteiger partial charge < -0.3 is 4.90 Å². The highest BCUT2D eigenvalue weighted by Crippen LogP contribution is 2.26. The molecular weight excluding hydrogens is 285 g/mol. The number of carbonyl (C=O) groups excluding carboxylic acids is 1. The third-order valence-corrected chi connectivity index (χ3v) is 3.70. The van der Waals surface area contributed by atoms with Gasteiger partial charge in [-0.25, -0.2) is 13.1 Å². The molecule has 0 saturated carbocycles. The lowest BCUT2D eigenvalue weighted by molar-refractivity contribution is -0.189. The first-order valence-corrected chi connectivity index (χ1v) is 7.83. The largest absolute Gasteiger partial charge is 0.471 e. The molecule has 0 radical (unpaired) electrons. The van der Waals surface area contributed by atoms with Crippen molar-refractivity contribution in [2.24, 2.45) is 0 Å². The quantitative estimate of drug-likeness (QED) is 0.838. The molecule has 1 aliphatic rings. The van der Waals surface area contributed by atoms with Crippen LogP contribution in [0.15, 0.2) is 0 Å². The molecule has 1 unspecified atom stereocenters. The standard InChI is InChI=1S/C10H17F3N2O3S/c1-19(17,18)14-6-5-8-4-2-3-7-15(8)9(16)10(11,12)13/h8,14H,2-7H2,1H3. The van der Waals surface area contributed by atoms with E-state index in [4.69, 9.17) is 0 Å². The molecule has 1 aliphatic heterocycles. The van der Waals surface area contributed by atoms with Gasteiger partial charge in [-0.2, -0.15) is 13.2 Å².